The maximum atomic E-state index is 12.6. The maximum Gasteiger partial charge on any atom is 0.408 e. The van der Waals surface area contributed by atoms with Gasteiger partial charge in [0, 0.05) is 24.6 Å². The number of nitrogens with zero attached hydrogens (tertiary/aromatic N) is 1. The topological polar surface area (TPSA) is 38.8 Å². The van der Waals surface area contributed by atoms with Crippen molar-refractivity contribution in [3.8, 4) is 0 Å². The fourth-order valence-electron chi connectivity index (χ4n) is 1.99. The lowest BCUT2D eigenvalue weighted by Gasteiger charge is -2.20. The molecule has 1 aliphatic rings. The van der Waals surface area contributed by atoms with Gasteiger partial charge in [0.05, 0.1) is 5.60 Å². The van der Waals surface area contributed by atoms with E-state index in [4.69, 9.17) is 9.05 Å². The quantitative estimate of drug-likeness (QED) is 0.455. The Morgan fingerprint density at radius 1 is 1.50 bits per heavy atom. The summed E-state index contributed by atoms with van der Waals surface area (Å²) in [6, 6.07) is 9.94. The Balaban J connectivity index is 2.19. The molecule has 1 aromatic rings. The molecule has 2 atom stereocenters. The SMILES string of the molecule is CO[P@@]1(=O)O[C@](C)(CI)CN1Cc1ccccc1. The molecule has 2 rings (SSSR count). The predicted molar refractivity (Wildman–Crippen MR) is 79.8 cm³/mol. The summed E-state index contributed by atoms with van der Waals surface area (Å²) in [5.74, 6) is 0. The zero-order valence-electron chi connectivity index (χ0n) is 10.5. The normalized spacial score (nSPS) is 32.8. The van der Waals surface area contributed by atoms with E-state index in [1.807, 2.05) is 37.3 Å². The van der Waals surface area contributed by atoms with Gasteiger partial charge in [-0.15, -0.1) is 0 Å². The summed E-state index contributed by atoms with van der Waals surface area (Å²) >= 11 is 2.25. The second kappa shape index (κ2) is 5.59. The summed E-state index contributed by atoms with van der Waals surface area (Å²) in [6.07, 6.45) is 0. The molecule has 1 fully saturated rings. The second-order valence-corrected chi connectivity index (χ2v) is 7.45. The van der Waals surface area contributed by atoms with Crippen LogP contribution in [0.1, 0.15) is 12.5 Å². The summed E-state index contributed by atoms with van der Waals surface area (Å²) in [4.78, 5) is 0. The van der Waals surface area contributed by atoms with Crippen LogP contribution in [0.3, 0.4) is 0 Å². The summed E-state index contributed by atoms with van der Waals surface area (Å²) in [5.41, 5.74) is 0.706. The molecule has 0 radical (unpaired) electrons. The molecular weight excluding hydrogens is 364 g/mol. The lowest BCUT2D eigenvalue weighted by molar-refractivity contribution is 0.132. The van der Waals surface area contributed by atoms with Crippen LogP contribution in [-0.2, 0) is 20.2 Å². The van der Waals surface area contributed by atoms with E-state index >= 15 is 0 Å². The molecule has 4 nitrogen and oxygen atoms in total. The maximum absolute atomic E-state index is 12.6. The minimum atomic E-state index is -3.14. The average molecular weight is 381 g/mol. The Morgan fingerprint density at radius 3 is 2.72 bits per heavy atom. The summed E-state index contributed by atoms with van der Waals surface area (Å²) in [5, 5.41) is 0. The van der Waals surface area contributed by atoms with Crippen molar-refractivity contribution in [3.05, 3.63) is 35.9 Å². The highest BCUT2D eigenvalue weighted by atomic mass is 127. The summed E-state index contributed by atoms with van der Waals surface area (Å²) in [6.45, 7) is 3.17. The zero-order chi connectivity index (χ0) is 13.2. The number of rotatable bonds is 4. The molecule has 0 amide bonds. The highest BCUT2D eigenvalue weighted by molar-refractivity contribution is 14.1. The molecule has 18 heavy (non-hydrogen) atoms. The van der Waals surface area contributed by atoms with Crippen molar-refractivity contribution in [2.75, 3.05) is 18.1 Å². The molecule has 1 aliphatic heterocycles. The molecule has 0 aliphatic carbocycles. The van der Waals surface area contributed by atoms with Crippen molar-refractivity contribution in [1.29, 1.82) is 0 Å². The van der Waals surface area contributed by atoms with Crippen molar-refractivity contribution in [2.45, 2.75) is 19.1 Å². The van der Waals surface area contributed by atoms with E-state index in [1.165, 1.54) is 7.11 Å². The van der Waals surface area contributed by atoms with Crippen LogP contribution in [0.15, 0.2) is 30.3 Å². The van der Waals surface area contributed by atoms with Crippen LogP contribution in [0, 0.1) is 0 Å². The molecule has 6 heteroatoms. The Morgan fingerprint density at radius 2 is 2.17 bits per heavy atom. The summed E-state index contributed by atoms with van der Waals surface area (Å²) < 4.78 is 26.0. The highest BCUT2D eigenvalue weighted by Crippen LogP contribution is 2.60. The van der Waals surface area contributed by atoms with Crippen LogP contribution in [0.25, 0.3) is 0 Å². The first-order valence-electron chi connectivity index (χ1n) is 5.73. The van der Waals surface area contributed by atoms with Gasteiger partial charge in [0.2, 0.25) is 0 Å². The lowest BCUT2D eigenvalue weighted by Crippen LogP contribution is -2.32. The minimum absolute atomic E-state index is 0.402. The van der Waals surface area contributed by atoms with Gasteiger partial charge in [-0.05, 0) is 12.5 Å². The third kappa shape index (κ3) is 2.96. The fraction of sp³-hybridized carbons (Fsp3) is 0.500. The number of halogens is 1. The molecule has 1 aromatic carbocycles. The van der Waals surface area contributed by atoms with Gasteiger partial charge in [0.15, 0.2) is 0 Å². The van der Waals surface area contributed by atoms with E-state index in [1.54, 1.807) is 4.67 Å². The van der Waals surface area contributed by atoms with E-state index in [0.29, 0.717) is 13.1 Å². The molecule has 0 N–H and O–H groups in total. The lowest BCUT2D eigenvalue weighted by atomic mass is 10.1. The molecule has 0 bridgehead atoms. The summed E-state index contributed by atoms with van der Waals surface area (Å²) in [7, 11) is -1.69. The van der Waals surface area contributed by atoms with Gasteiger partial charge in [-0.25, -0.2) is 9.24 Å². The van der Waals surface area contributed by atoms with Crippen molar-refractivity contribution in [1.82, 2.24) is 4.67 Å². The van der Waals surface area contributed by atoms with E-state index < -0.39 is 13.3 Å². The van der Waals surface area contributed by atoms with Crippen LogP contribution in [-0.4, -0.2) is 28.4 Å². The first-order chi connectivity index (χ1) is 8.51. The predicted octanol–water partition coefficient (Wildman–Crippen LogP) is 3.47. The zero-order valence-corrected chi connectivity index (χ0v) is 13.6. The Hall–Kier alpha value is 0.0600. The number of hydrogen-bond acceptors (Lipinski definition) is 3. The van der Waals surface area contributed by atoms with E-state index in [-0.39, 0.29) is 0 Å². The molecule has 1 heterocycles. The highest BCUT2D eigenvalue weighted by Gasteiger charge is 2.49. The van der Waals surface area contributed by atoms with Crippen LogP contribution >= 0.6 is 30.3 Å². The van der Waals surface area contributed by atoms with Gasteiger partial charge in [0.1, 0.15) is 0 Å². The van der Waals surface area contributed by atoms with Crippen molar-refractivity contribution < 1.29 is 13.6 Å². The van der Waals surface area contributed by atoms with Crippen LogP contribution in [0.5, 0.6) is 0 Å². The standard InChI is InChI=1S/C12H17INO3P/c1-12(9-13)10-14(18(15,16-2)17-12)8-11-6-4-3-5-7-11/h3-7H,8-10H2,1-2H3/t12-,18-/m1/s1. The van der Waals surface area contributed by atoms with Gasteiger partial charge in [-0.2, -0.15) is 0 Å². The Bertz CT molecular complexity index is 456. The van der Waals surface area contributed by atoms with Crippen molar-refractivity contribution in [2.24, 2.45) is 0 Å². The molecule has 1 saturated heterocycles. The third-order valence-electron chi connectivity index (χ3n) is 2.92. The molecule has 0 aromatic heterocycles. The first kappa shape index (κ1) is 14.5. The van der Waals surface area contributed by atoms with E-state index in [9.17, 15) is 4.57 Å². The van der Waals surface area contributed by atoms with Crippen LogP contribution < -0.4 is 0 Å². The van der Waals surface area contributed by atoms with Crippen LogP contribution in [0.2, 0.25) is 0 Å². The number of hydrogen-bond donors (Lipinski definition) is 0. The molecule has 0 unspecified atom stereocenters. The van der Waals surface area contributed by atoms with Gasteiger partial charge < -0.3 is 0 Å². The van der Waals surface area contributed by atoms with Gasteiger partial charge in [-0.1, -0.05) is 52.9 Å². The van der Waals surface area contributed by atoms with Crippen LogP contribution in [0.4, 0.5) is 0 Å². The number of alkyl halides is 1. The van der Waals surface area contributed by atoms with Crippen molar-refractivity contribution >= 4 is 30.3 Å². The van der Waals surface area contributed by atoms with E-state index in [2.05, 4.69) is 22.6 Å². The Labute approximate surface area is 121 Å². The average Bonchev–Trinajstić information content (AvgIpc) is 2.64. The largest absolute Gasteiger partial charge is 0.408 e. The second-order valence-electron chi connectivity index (χ2n) is 4.63. The smallest absolute Gasteiger partial charge is 0.300 e. The minimum Gasteiger partial charge on any atom is -0.300 e. The monoisotopic (exact) mass is 381 g/mol. The number of benzene rings is 1. The molecule has 100 valence electrons. The molecule has 0 saturated carbocycles. The Kier molecular flexibility index (Phi) is 4.49. The van der Waals surface area contributed by atoms with Crippen molar-refractivity contribution in [3.63, 3.8) is 0 Å². The van der Waals surface area contributed by atoms with E-state index in [0.717, 1.165) is 9.99 Å². The first-order valence-corrected chi connectivity index (χ1v) is 8.75. The van der Waals surface area contributed by atoms with Gasteiger partial charge in [-0.3, -0.25) is 9.05 Å². The molecule has 0 spiro atoms. The van der Waals surface area contributed by atoms with Gasteiger partial charge in [0.25, 0.3) is 0 Å². The molecular formula is C12H17INO3P. The van der Waals surface area contributed by atoms with Gasteiger partial charge >= 0.3 is 7.75 Å². The third-order valence-corrected chi connectivity index (χ3v) is 6.64. The fourth-order valence-corrected chi connectivity index (χ4v) is 4.55.